The molecule has 1 aliphatic rings. The van der Waals surface area contributed by atoms with E-state index >= 15 is 0 Å². The molecular weight excluding hydrogens is 312 g/mol. The van der Waals surface area contributed by atoms with Crippen LogP contribution in [0.15, 0.2) is 34.9 Å². The van der Waals surface area contributed by atoms with Gasteiger partial charge in [0.15, 0.2) is 0 Å². The number of nitrogens with zero attached hydrogens (tertiary/aromatic N) is 2. The summed E-state index contributed by atoms with van der Waals surface area (Å²) in [7, 11) is 0. The Kier molecular flexibility index (Phi) is 4.97. The number of thioether (sulfide) groups is 1. The normalized spacial score (nSPS) is 24.4. The molecule has 0 saturated carbocycles. The fraction of sp³-hybridized carbons (Fsp3) is 0.438. The summed E-state index contributed by atoms with van der Waals surface area (Å²) in [6.07, 6.45) is 0.835. The van der Waals surface area contributed by atoms with Crippen LogP contribution in [-0.4, -0.2) is 27.6 Å². The second-order valence-corrected chi connectivity index (χ2v) is 6.64. The van der Waals surface area contributed by atoms with Crippen molar-refractivity contribution in [2.24, 2.45) is 5.92 Å². The monoisotopic (exact) mass is 332 g/mol. The van der Waals surface area contributed by atoms with Crippen molar-refractivity contribution in [2.75, 3.05) is 0 Å². The molecule has 0 aliphatic carbocycles. The van der Waals surface area contributed by atoms with Crippen molar-refractivity contribution in [2.45, 2.75) is 37.6 Å². The lowest BCUT2D eigenvalue weighted by molar-refractivity contribution is -0.128. The number of benzene rings is 1. The van der Waals surface area contributed by atoms with Gasteiger partial charge >= 0.3 is 0 Å². The number of aromatic nitrogens is 2. The zero-order valence-electron chi connectivity index (χ0n) is 13.2. The van der Waals surface area contributed by atoms with E-state index in [1.807, 2.05) is 44.2 Å². The third kappa shape index (κ3) is 3.73. The maximum Gasteiger partial charge on any atom is 0.237 e. The van der Waals surface area contributed by atoms with Gasteiger partial charge in [-0.25, -0.2) is 0 Å². The van der Waals surface area contributed by atoms with E-state index in [0.29, 0.717) is 17.5 Å². The third-order valence-electron chi connectivity index (χ3n) is 3.94. The van der Waals surface area contributed by atoms with Crippen LogP contribution in [0.3, 0.4) is 0 Å². The van der Waals surface area contributed by atoms with Crippen molar-refractivity contribution >= 4 is 17.7 Å². The van der Waals surface area contributed by atoms with Gasteiger partial charge < -0.3 is 9.84 Å². The summed E-state index contributed by atoms with van der Waals surface area (Å²) < 4.78 is 5.28. The van der Waals surface area contributed by atoms with E-state index in [4.69, 9.17) is 4.52 Å². The topological polar surface area (TPSA) is 80.1 Å². The Balaban J connectivity index is 1.57. The van der Waals surface area contributed by atoms with E-state index in [2.05, 4.69) is 20.8 Å². The molecule has 2 heterocycles. The fourth-order valence-corrected chi connectivity index (χ4v) is 3.60. The Morgan fingerprint density at radius 2 is 2.09 bits per heavy atom. The minimum atomic E-state index is -0.132. The Hall–Kier alpha value is -1.86. The van der Waals surface area contributed by atoms with Crippen LogP contribution in [0, 0.1) is 5.92 Å². The van der Waals surface area contributed by atoms with Crippen molar-refractivity contribution in [1.82, 2.24) is 20.8 Å². The van der Waals surface area contributed by atoms with Crippen LogP contribution in [0.2, 0.25) is 0 Å². The molecule has 3 unspecified atom stereocenters. The molecule has 0 radical (unpaired) electrons. The maximum absolute atomic E-state index is 12.0. The third-order valence-corrected chi connectivity index (χ3v) is 4.94. The zero-order chi connectivity index (χ0) is 16.2. The largest absolute Gasteiger partial charge is 0.338 e. The van der Waals surface area contributed by atoms with E-state index in [-0.39, 0.29) is 23.4 Å². The zero-order valence-corrected chi connectivity index (χ0v) is 14.0. The summed E-state index contributed by atoms with van der Waals surface area (Å²) in [6.45, 7) is 4.07. The molecule has 1 aliphatic heterocycles. The Bertz CT molecular complexity index is 661. The molecule has 1 aromatic carbocycles. The average molecular weight is 332 g/mol. The highest BCUT2D eigenvalue weighted by atomic mass is 32.2. The summed E-state index contributed by atoms with van der Waals surface area (Å²) in [4.78, 5) is 16.4. The summed E-state index contributed by atoms with van der Waals surface area (Å²) in [5.41, 5.74) is 0.795. The highest BCUT2D eigenvalue weighted by Gasteiger charge is 2.32. The molecule has 1 aromatic heterocycles. The van der Waals surface area contributed by atoms with Crippen molar-refractivity contribution < 1.29 is 9.32 Å². The summed E-state index contributed by atoms with van der Waals surface area (Å²) in [5, 5.41) is 10.4. The van der Waals surface area contributed by atoms with Crippen LogP contribution in [0.25, 0.3) is 11.4 Å². The minimum absolute atomic E-state index is 0.0277. The van der Waals surface area contributed by atoms with Crippen molar-refractivity contribution in [1.29, 1.82) is 0 Å². The lowest BCUT2D eigenvalue weighted by Gasteiger charge is -2.34. The smallest absolute Gasteiger partial charge is 0.237 e. The van der Waals surface area contributed by atoms with Crippen LogP contribution in [0.4, 0.5) is 0 Å². The average Bonchev–Trinajstić information content (AvgIpc) is 3.02. The Morgan fingerprint density at radius 1 is 1.30 bits per heavy atom. The number of nitrogens with one attached hydrogen (secondary N) is 2. The van der Waals surface area contributed by atoms with E-state index in [0.717, 1.165) is 12.0 Å². The maximum atomic E-state index is 12.0. The van der Waals surface area contributed by atoms with Crippen LogP contribution >= 0.6 is 11.8 Å². The van der Waals surface area contributed by atoms with Crippen molar-refractivity contribution in [3.8, 4) is 11.4 Å². The SMILES string of the molecule is CCC1C(=O)NC(SCc2nc(-c3ccccc3)no2)NC1C. The minimum Gasteiger partial charge on any atom is -0.338 e. The molecule has 1 fully saturated rings. The molecule has 23 heavy (non-hydrogen) atoms. The highest BCUT2D eigenvalue weighted by Crippen LogP contribution is 2.22. The number of hydrogen-bond acceptors (Lipinski definition) is 6. The van der Waals surface area contributed by atoms with Gasteiger partial charge in [-0.05, 0) is 13.3 Å². The van der Waals surface area contributed by atoms with Gasteiger partial charge in [-0.15, -0.1) is 11.8 Å². The first-order valence-corrected chi connectivity index (χ1v) is 8.78. The van der Waals surface area contributed by atoms with Crippen molar-refractivity contribution in [3.63, 3.8) is 0 Å². The molecule has 1 amide bonds. The standard InChI is InChI=1S/C16H20N4O2S/c1-3-12-10(2)17-16(19-15(12)21)23-9-13-18-14(20-22-13)11-7-5-4-6-8-11/h4-8,10,12,16-17H,3,9H2,1-2H3,(H,19,21). The Labute approximate surface area is 139 Å². The molecule has 122 valence electrons. The predicted octanol–water partition coefficient (Wildman–Crippen LogP) is 2.39. The van der Waals surface area contributed by atoms with E-state index in [1.54, 1.807) is 0 Å². The van der Waals surface area contributed by atoms with Crippen LogP contribution < -0.4 is 10.6 Å². The van der Waals surface area contributed by atoms with Gasteiger partial charge in [0, 0.05) is 11.6 Å². The van der Waals surface area contributed by atoms with Gasteiger partial charge in [-0.3, -0.25) is 10.1 Å². The number of rotatable bonds is 5. The van der Waals surface area contributed by atoms with Crippen LogP contribution in [0.1, 0.15) is 26.2 Å². The molecule has 2 aromatic rings. The van der Waals surface area contributed by atoms with Crippen molar-refractivity contribution in [3.05, 3.63) is 36.2 Å². The fourth-order valence-electron chi connectivity index (χ4n) is 2.66. The summed E-state index contributed by atoms with van der Waals surface area (Å²) in [6, 6.07) is 9.87. The van der Waals surface area contributed by atoms with Crippen LogP contribution in [-0.2, 0) is 10.5 Å². The second-order valence-electron chi connectivity index (χ2n) is 5.55. The molecule has 7 heteroatoms. The van der Waals surface area contributed by atoms with E-state index in [1.165, 1.54) is 11.8 Å². The van der Waals surface area contributed by atoms with E-state index in [9.17, 15) is 4.79 Å². The molecule has 0 spiro atoms. The first-order valence-electron chi connectivity index (χ1n) is 7.73. The summed E-state index contributed by atoms with van der Waals surface area (Å²) >= 11 is 1.54. The summed E-state index contributed by atoms with van der Waals surface area (Å²) in [5.74, 6) is 1.81. The molecule has 3 atom stereocenters. The van der Waals surface area contributed by atoms with Gasteiger partial charge in [0.25, 0.3) is 0 Å². The van der Waals surface area contributed by atoms with Gasteiger partial charge in [0.2, 0.25) is 17.6 Å². The number of hydrogen-bond donors (Lipinski definition) is 2. The molecule has 0 bridgehead atoms. The van der Waals surface area contributed by atoms with Gasteiger partial charge in [0.1, 0.15) is 5.50 Å². The van der Waals surface area contributed by atoms with Gasteiger partial charge in [-0.2, -0.15) is 4.98 Å². The van der Waals surface area contributed by atoms with Gasteiger partial charge in [-0.1, -0.05) is 42.4 Å². The number of carbonyl (C=O) groups excluding carboxylic acids is 1. The lowest BCUT2D eigenvalue weighted by atomic mass is 9.96. The van der Waals surface area contributed by atoms with E-state index < -0.39 is 0 Å². The van der Waals surface area contributed by atoms with Gasteiger partial charge in [0.05, 0.1) is 11.7 Å². The molecular formula is C16H20N4O2S. The highest BCUT2D eigenvalue weighted by molar-refractivity contribution is 7.99. The quantitative estimate of drug-likeness (QED) is 0.875. The first-order chi connectivity index (χ1) is 11.2. The number of carbonyl (C=O) groups is 1. The predicted molar refractivity (Wildman–Crippen MR) is 89.3 cm³/mol. The molecule has 6 nitrogen and oxygen atoms in total. The van der Waals surface area contributed by atoms with Crippen LogP contribution in [0.5, 0.6) is 0 Å². The lowest BCUT2D eigenvalue weighted by Crippen LogP contribution is -2.58. The number of amides is 1. The molecule has 3 rings (SSSR count). The Morgan fingerprint density at radius 3 is 2.78 bits per heavy atom. The second kappa shape index (κ2) is 7.14. The molecule has 2 N–H and O–H groups in total. The molecule has 1 saturated heterocycles. The first kappa shape index (κ1) is 16.0.